The largest absolute Gasteiger partial charge is 0.397 e. The molecule has 0 bridgehead atoms. The van der Waals surface area contributed by atoms with E-state index in [1.807, 2.05) is 24.3 Å². The minimum Gasteiger partial charge on any atom is -0.388 e. The zero-order valence-corrected chi connectivity index (χ0v) is 14.7. The number of hydrogen-bond donors (Lipinski definition) is 1. The van der Waals surface area contributed by atoms with Gasteiger partial charge in [0.15, 0.2) is 5.78 Å². The lowest BCUT2D eigenvalue weighted by molar-refractivity contribution is -0.166. The van der Waals surface area contributed by atoms with Crippen LogP contribution in [0.15, 0.2) is 30.3 Å². The molecule has 1 aromatic carbocycles. The second kappa shape index (κ2) is 7.34. The number of ketones is 1. The maximum Gasteiger partial charge on any atom is 0.397 e. The molecule has 2 fully saturated rings. The summed E-state index contributed by atoms with van der Waals surface area (Å²) >= 11 is 0. The third-order valence-corrected chi connectivity index (χ3v) is 5.10. The van der Waals surface area contributed by atoms with Crippen molar-refractivity contribution in [2.24, 2.45) is 0 Å². The average molecular weight is 382 g/mol. The van der Waals surface area contributed by atoms with E-state index < -0.39 is 30.9 Å². The standard InChI is InChI=1S/C19H21F3N2O3/c20-19(21,22)10-17(27)23-12-18(13-23)8-3-9-24(18)16-5-2-1-4-14(16)6-7-15(26)11-25/h1-2,4-7,25H,3,8-13H2/b7-6+. The number of nitrogens with zero attached hydrogens (tertiary/aromatic N) is 2. The van der Waals surface area contributed by atoms with Crippen LogP contribution in [0, 0.1) is 0 Å². The monoisotopic (exact) mass is 382 g/mol. The molecule has 0 unspecified atom stereocenters. The van der Waals surface area contributed by atoms with Gasteiger partial charge in [-0.2, -0.15) is 13.2 Å². The second-order valence-corrected chi connectivity index (χ2v) is 7.04. The molecular formula is C19H21F3N2O3. The molecule has 0 atom stereocenters. The van der Waals surface area contributed by atoms with E-state index in [-0.39, 0.29) is 18.6 Å². The van der Waals surface area contributed by atoms with Gasteiger partial charge in [-0.1, -0.05) is 18.2 Å². The van der Waals surface area contributed by atoms with E-state index in [4.69, 9.17) is 5.11 Å². The van der Waals surface area contributed by atoms with Crippen LogP contribution in [0.5, 0.6) is 0 Å². The number of alkyl halides is 3. The van der Waals surface area contributed by atoms with Gasteiger partial charge in [0.25, 0.3) is 0 Å². The SMILES string of the molecule is O=C(/C=C/c1ccccc1N1CCCC12CN(C(=O)CC(F)(F)F)C2)CO. The van der Waals surface area contributed by atoms with Gasteiger partial charge in [0.05, 0.1) is 5.54 Å². The molecule has 2 heterocycles. The van der Waals surface area contributed by atoms with Gasteiger partial charge >= 0.3 is 6.18 Å². The number of para-hydroxylation sites is 1. The molecule has 0 radical (unpaired) electrons. The first-order valence-electron chi connectivity index (χ1n) is 8.77. The molecule has 1 N–H and O–H groups in total. The van der Waals surface area contributed by atoms with Crippen molar-refractivity contribution < 1.29 is 27.9 Å². The van der Waals surface area contributed by atoms with Gasteiger partial charge < -0.3 is 14.9 Å². The first-order valence-corrected chi connectivity index (χ1v) is 8.77. The number of anilines is 1. The highest BCUT2D eigenvalue weighted by atomic mass is 19.4. The number of hydrogen-bond acceptors (Lipinski definition) is 4. The summed E-state index contributed by atoms with van der Waals surface area (Å²) in [5, 5.41) is 8.86. The molecule has 1 amide bonds. The topological polar surface area (TPSA) is 60.9 Å². The summed E-state index contributed by atoms with van der Waals surface area (Å²) in [5.74, 6) is -1.30. The van der Waals surface area contributed by atoms with E-state index in [2.05, 4.69) is 4.90 Å². The Morgan fingerprint density at radius 2 is 1.93 bits per heavy atom. The zero-order valence-electron chi connectivity index (χ0n) is 14.7. The van der Waals surface area contributed by atoms with Gasteiger partial charge in [-0.05, 0) is 36.6 Å². The fourth-order valence-electron chi connectivity index (χ4n) is 3.88. The van der Waals surface area contributed by atoms with Crippen LogP contribution in [0.2, 0.25) is 0 Å². The number of aliphatic hydroxyl groups is 1. The van der Waals surface area contributed by atoms with Crippen LogP contribution in [0.25, 0.3) is 6.08 Å². The Morgan fingerprint density at radius 1 is 1.22 bits per heavy atom. The molecule has 3 rings (SSSR count). The normalized spacial score (nSPS) is 19.0. The van der Waals surface area contributed by atoms with Gasteiger partial charge in [-0.3, -0.25) is 9.59 Å². The van der Waals surface area contributed by atoms with Crippen LogP contribution in [0.3, 0.4) is 0 Å². The summed E-state index contributed by atoms with van der Waals surface area (Å²) in [7, 11) is 0. The second-order valence-electron chi connectivity index (χ2n) is 7.04. The van der Waals surface area contributed by atoms with Crippen molar-refractivity contribution >= 4 is 23.5 Å². The fourth-order valence-corrected chi connectivity index (χ4v) is 3.88. The van der Waals surface area contributed by atoms with Crippen molar-refractivity contribution in [3.05, 3.63) is 35.9 Å². The summed E-state index contributed by atoms with van der Waals surface area (Å²) in [6.45, 7) is 0.716. The minimum absolute atomic E-state index is 0.273. The molecule has 0 saturated carbocycles. The Balaban J connectivity index is 1.76. The lowest BCUT2D eigenvalue weighted by Gasteiger charge is -2.54. The van der Waals surface area contributed by atoms with E-state index in [0.717, 1.165) is 30.6 Å². The average Bonchev–Trinajstić information content (AvgIpc) is 3.01. The summed E-state index contributed by atoms with van der Waals surface area (Å²) in [4.78, 5) is 26.6. The molecule has 0 aliphatic carbocycles. The predicted octanol–water partition coefficient (Wildman–Crippen LogP) is 2.39. The molecule has 2 aliphatic heterocycles. The quantitative estimate of drug-likeness (QED) is 0.795. The molecule has 1 spiro atoms. The van der Waals surface area contributed by atoms with Gasteiger partial charge in [0.2, 0.25) is 5.91 Å². The summed E-state index contributed by atoms with van der Waals surface area (Å²) in [6.07, 6.45) is -1.30. The number of halogens is 3. The lowest BCUT2D eigenvalue weighted by atomic mass is 9.86. The van der Waals surface area contributed by atoms with E-state index in [9.17, 15) is 22.8 Å². The zero-order chi connectivity index (χ0) is 19.7. The number of carbonyl (C=O) groups is 2. The number of benzene rings is 1. The highest BCUT2D eigenvalue weighted by Gasteiger charge is 2.53. The maximum absolute atomic E-state index is 12.5. The molecule has 2 saturated heterocycles. The van der Waals surface area contributed by atoms with E-state index >= 15 is 0 Å². The van der Waals surface area contributed by atoms with E-state index in [1.54, 1.807) is 6.08 Å². The minimum atomic E-state index is -4.49. The van der Waals surface area contributed by atoms with Crippen molar-refractivity contribution in [3.8, 4) is 0 Å². The number of likely N-dealkylation sites (tertiary alicyclic amines) is 1. The van der Waals surface area contributed by atoms with Gasteiger partial charge in [-0.25, -0.2) is 0 Å². The molecule has 1 aromatic rings. The molecule has 0 aromatic heterocycles. The molecule has 146 valence electrons. The Bertz CT molecular complexity index is 755. The lowest BCUT2D eigenvalue weighted by Crippen LogP contribution is -2.69. The van der Waals surface area contributed by atoms with Crippen molar-refractivity contribution in [2.45, 2.75) is 31.0 Å². The smallest absolute Gasteiger partial charge is 0.388 e. The van der Waals surface area contributed by atoms with Crippen LogP contribution < -0.4 is 4.90 Å². The van der Waals surface area contributed by atoms with Crippen LogP contribution in [0.1, 0.15) is 24.8 Å². The summed E-state index contributed by atoms with van der Waals surface area (Å²) < 4.78 is 37.4. The first kappa shape index (κ1) is 19.4. The Kier molecular flexibility index (Phi) is 5.28. The summed E-state index contributed by atoms with van der Waals surface area (Å²) in [5.41, 5.74) is 1.31. The Hall–Kier alpha value is -2.35. The van der Waals surface area contributed by atoms with E-state index in [0.29, 0.717) is 0 Å². The van der Waals surface area contributed by atoms with Crippen molar-refractivity contribution in [1.29, 1.82) is 0 Å². The number of amides is 1. The highest BCUT2D eigenvalue weighted by Crippen LogP contribution is 2.42. The maximum atomic E-state index is 12.5. The first-order chi connectivity index (χ1) is 12.7. The fraction of sp³-hybridized carbons (Fsp3) is 0.474. The predicted molar refractivity (Wildman–Crippen MR) is 94.1 cm³/mol. The van der Waals surface area contributed by atoms with Crippen LogP contribution >= 0.6 is 0 Å². The van der Waals surface area contributed by atoms with Gasteiger partial charge in [-0.15, -0.1) is 0 Å². The van der Waals surface area contributed by atoms with Crippen LogP contribution in [-0.2, 0) is 9.59 Å². The van der Waals surface area contributed by atoms with Gasteiger partial charge in [0.1, 0.15) is 13.0 Å². The number of carbonyl (C=O) groups excluding carboxylic acids is 2. The summed E-state index contributed by atoms with van der Waals surface area (Å²) in [6, 6.07) is 7.43. The Morgan fingerprint density at radius 3 is 2.59 bits per heavy atom. The highest BCUT2D eigenvalue weighted by molar-refractivity contribution is 5.95. The van der Waals surface area contributed by atoms with Gasteiger partial charge in [0, 0.05) is 25.3 Å². The molecule has 27 heavy (non-hydrogen) atoms. The molecule has 5 nitrogen and oxygen atoms in total. The third-order valence-electron chi connectivity index (χ3n) is 5.10. The Labute approximate surface area is 155 Å². The van der Waals surface area contributed by atoms with E-state index in [1.165, 1.54) is 11.0 Å². The number of aliphatic hydroxyl groups excluding tert-OH is 1. The molecular weight excluding hydrogens is 361 g/mol. The van der Waals surface area contributed by atoms with Crippen molar-refractivity contribution in [3.63, 3.8) is 0 Å². The van der Waals surface area contributed by atoms with Crippen molar-refractivity contribution in [1.82, 2.24) is 4.90 Å². The van der Waals surface area contributed by atoms with Crippen molar-refractivity contribution in [2.75, 3.05) is 31.1 Å². The number of rotatable bonds is 5. The van der Waals surface area contributed by atoms with Crippen LogP contribution in [0.4, 0.5) is 18.9 Å². The molecule has 8 heteroatoms. The molecule has 2 aliphatic rings. The third kappa shape index (κ3) is 4.16. The van der Waals surface area contributed by atoms with Crippen LogP contribution in [-0.4, -0.2) is 59.7 Å².